The van der Waals surface area contributed by atoms with Gasteiger partial charge in [-0.3, -0.25) is 0 Å². The molecule has 0 atom stereocenters. The molecule has 1 aliphatic carbocycles. The first-order valence-corrected chi connectivity index (χ1v) is 14.2. The van der Waals surface area contributed by atoms with Gasteiger partial charge in [-0.25, -0.2) is 0 Å². The maximum Gasteiger partial charge on any atom is 0.0775 e. The van der Waals surface area contributed by atoms with E-state index in [1.807, 2.05) is 0 Å². The lowest BCUT2D eigenvalue weighted by molar-refractivity contribution is 0.659. The summed E-state index contributed by atoms with van der Waals surface area (Å²) in [6, 6.07) is 25.6. The second-order valence-corrected chi connectivity index (χ2v) is 15.2. The van der Waals surface area contributed by atoms with Gasteiger partial charge in [-0.1, -0.05) is 81.1 Å². The van der Waals surface area contributed by atoms with Crippen LogP contribution in [0, 0.1) is 0 Å². The molecule has 29 heavy (non-hydrogen) atoms. The Balaban J connectivity index is 1.79. The molecule has 0 saturated heterocycles. The summed E-state index contributed by atoms with van der Waals surface area (Å²) in [7, 11) is -1.29. The van der Waals surface area contributed by atoms with Crippen molar-refractivity contribution in [1.29, 1.82) is 0 Å². The topological polar surface area (TPSA) is 3.24 Å². The largest absolute Gasteiger partial charge is 0.339 e. The van der Waals surface area contributed by atoms with Crippen LogP contribution in [0.1, 0.15) is 38.8 Å². The fourth-order valence-corrected chi connectivity index (χ4v) is 5.88. The molecule has 1 aliphatic rings. The van der Waals surface area contributed by atoms with Gasteiger partial charge in [0, 0.05) is 22.8 Å². The standard InChI is InChI=1S/C27H33NSi/c1-19(2)28(20-12-15-22(16-13-20)29(5,6)7)21-14-17-24-23-10-8-9-11-25(23)27(3,4)26(24)18-21/h8-19H,1-7H3. The zero-order valence-corrected chi connectivity index (χ0v) is 19.9. The summed E-state index contributed by atoms with van der Waals surface area (Å²) in [6.07, 6.45) is 0. The molecule has 0 saturated carbocycles. The molecule has 0 bridgehead atoms. The van der Waals surface area contributed by atoms with Gasteiger partial charge in [0.05, 0.1) is 8.07 Å². The van der Waals surface area contributed by atoms with Crippen molar-refractivity contribution in [1.82, 2.24) is 0 Å². The van der Waals surface area contributed by atoms with Crippen molar-refractivity contribution in [2.24, 2.45) is 0 Å². The quantitative estimate of drug-likeness (QED) is 0.423. The van der Waals surface area contributed by atoms with Crippen molar-refractivity contribution in [3.8, 4) is 11.1 Å². The van der Waals surface area contributed by atoms with Crippen molar-refractivity contribution in [2.75, 3.05) is 4.90 Å². The van der Waals surface area contributed by atoms with Gasteiger partial charge in [0.2, 0.25) is 0 Å². The van der Waals surface area contributed by atoms with Gasteiger partial charge in [0.25, 0.3) is 0 Å². The summed E-state index contributed by atoms with van der Waals surface area (Å²) < 4.78 is 0. The Morgan fingerprint density at radius 3 is 1.93 bits per heavy atom. The SMILES string of the molecule is CC(C)N(c1ccc([Si](C)(C)C)cc1)c1ccc2c(c1)C(C)(C)c1ccccc1-2. The van der Waals surface area contributed by atoms with Crippen LogP contribution in [-0.4, -0.2) is 14.1 Å². The van der Waals surface area contributed by atoms with Gasteiger partial charge >= 0.3 is 0 Å². The Bertz CT molecular complexity index is 1040. The highest BCUT2D eigenvalue weighted by Gasteiger charge is 2.35. The minimum Gasteiger partial charge on any atom is -0.339 e. The van der Waals surface area contributed by atoms with Gasteiger partial charge in [0.15, 0.2) is 0 Å². The highest BCUT2D eigenvalue weighted by molar-refractivity contribution is 6.88. The van der Waals surface area contributed by atoms with Crippen LogP contribution in [0.15, 0.2) is 66.7 Å². The summed E-state index contributed by atoms with van der Waals surface area (Å²) >= 11 is 0. The van der Waals surface area contributed by atoms with E-state index < -0.39 is 8.07 Å². The highest BCUT2D eigenvalue weighted by Crippen LogP contribution is 2.49. The Hall–Kier alpha value is -2.32. The first-order valence-electron chi connectivity index (χ1n) is 10.7. The molecule has 2 heteroatoms. The van der Waals surface area contributed by atoms with Crippen molar-refractivity contribution in [3.63, 3.8) is 0 Å². The van der Waals surface area contributed by atoms with E-state index in [0.717, 1.165) is 0 Å². The molecule has 0 aromatic heterocycles. The van der Waals surface area contributed by atoms with Gasteiger partial charge in [-0.05, 0) is 60.4 Å². The normalized spacial score (nSPS) is 14.6. The number of rotatable bonds is 4. The predicted octanol–water partition coefficient (Wildman–Crippen LogP) is 7.08. The molecule has 0 N–H and O–H groups in total. The maximum atomic E-state index is 2.47. The van der Waals surface area contributed by atoms with Crippen LogP contribution >= 0.6 is 0 Å². The van der Waals surface area contributed by atoms with Gasteiger partial charge in [0.1, 0.15) is 0 Å². The van der Waals surface area contributed by atoms with Gasteiger partial charge in [-0.2, -0.15) is 0 Å². The average Bonchev–Trinajstić information content (AvgIpc) is 2.89. The molecule has 0 fully saturated rings. The third-order valence-corrected chi connectivity index (χ3v) is 8.44. The average molecular weight is 400 g/mol. The summed E-state index contributed by atoms with van der Waals surface area (Å²) in [4.78, 5) is 2.47. The van der Waals surface area contributed by atoms with E-state index in [1.165, 1.54) is 38.8 Å². The van der Waals surface area contributed by atoms with Crippen LogP contribution < -0.4 is 10.1 Å². The van der Waals surface area contributed by atoms with E-state index in [2.05, 4.69) is 119 Å². The third-order valence-electron chi connectivity index (χ3n) is 6.37. The monoisotopic (exact) mass is 399 g/mol. The van der Waals surface area contributed by atoms with Crippen molar-refractivity contribution < 1.29 is 0 Å². The Morgan fingerprint density at radius 1 is 0.724 bits per heavy atom. The van der Waals surface area contributed by atoms with E-state index in [0.29, 0.717) is 6.04 Å². The fourth-order valence-electron chi connectivity index (χ4n) is 4.71. The number of fused-ring (bicyclic) bond motifs is 3. The molecule has 150 valence electrons. The third kappa shape index (κ3) is 3.34. The molecule has 0 aliphatic heterocycles. The zero-order valence-electron chi connectivity index (χ0n) is 18.9. The van der Waals surface area contributed by atoms with E-state index >= 15 is 0 Å². The molecule has 0 unspecified atom stereocenters. The van der Waals surface area contributed by atoms with Crippen LogP contribution in [0.5, 0.6) is 0 Å². The first kappa shape index (κ1) is 20.0. The molecule has 3 aromatic carbocycles. The van der Waals surface area contributed by atoms with Crippen molar-refractivity contribution in [3.05, 3.63) is 77.9 Å². The molecule has 1 nitrogen and oxygen atoms in total. The van der Waals surface area contributed by atoms with E-state index in [9.17, 15) is 0 Å². The van der Waals surface area contributed by atoms with E-state index in [-0.39, 0.29) is 5.41 Å². The lowest BCUT2D eigenvalue weighted by atomic mass is 9.82. The summed E-state index contributed by atoms with van der Waals surface area (Å²) in [5.41, 5.74) is 8.22. The fraction of sp³-hybridized carbons (Fsp3) is 0.333. The second kappa shape index (κ2) is 6.88. The molecular formula is C27H33NSi. The van der Waals surface area contributed by atoms with Crippen LogP contribution in [0.3, 0.4) is 0 Å². The second-order valence-electron chi connectivity index (χ2n) is 10.2. The predicted molar refractivity (Wildman–Crippen MR) is 131 cm³/mol. The number of nitrogens with zero attached hydrogens (tertiary/aromatic N) is 1. The Labute approximate surface area is 177 Å². The number of hydrogen-bond donors (Lipinski definition) is 0. The molecule has 0 heterocycles. The van der Waals surface area contributed by atoms with E-state index in [4.69, 9.17) is 0 Å². The Morgan fingerprint density at radius 2 is 1.31 bits per heavy atom. The minimum absolute atomic E-state index is 0.0340. The molecule has 0 amide bonds. The van der Waals surface area contributed by atoms with Crippen LogP contribution in [-0.2, 0) is 5.41 Å². The van der Waals surface area contributed by atoms with Crippen LogP contribution in [0.25, 0.3) is 11.1 Å². The van der Waals surface area contributed by atoms with Crippen molar-refractivity contribution >= 4 is 24.6 Å². The molecule has 0 radical (unpaired) electrons. The lowest BCUT2D eigenvalue weighted by Gasteiger charge is -2.31. The molecule has 3 aromatic rings. The molecular weight excluding hydrogens is 366 g/mol. The number of benzene rings is 3. The minimum atomic E-state index is -1.29. The van der Waals surface area contributed by atoms with Crippen LogP contribution in [0.4, 0.5) is 11.4 Å². The number of anilines is 2. The Kier molecular flexibility index (Phi) is 4.74. The summed E-state index contributed by atoms with van der Waals surface area (Å²) in [6.45, 7) is 16.5. The maximum absolute atomic E-state index is 2.47. The molecule has 4 rings (SSSR count). The number of hydrogen-bond acceptors (Lipinski definition) is 1. The summed E-state index contributed by atoms with van der Waals surface area (Å²) in [5, 5.41) is 1.51. The van der Waals surface area contributed by atoms with Gasteiger partial charge in [-0.15, -0.1) is 0 Å². The lowest BCUT2D eigenvalue weighted by Crippen LogP contribution is -2.37. The van der Waals surface area contributed by atoms with E-state index in [1.54, 1.807) is 0 Å². The first-order chi connectivity index (χ1) is 13.6. The molecule has 0 spiro atoms. The smallest absolute Gasteiger partial charge is 0.0775 e. The highest BCUT2D eigenvalue weighted by atomic mass is 28.3. The van der Waals surface area contributed by atoms with Crippen LogP contribution in [0.2, 0.25) is 19.6 Å². The van der Waals surface area contributed by atoms with Crippen molar-refractivity contribution in [2.45, 2.75) is 58.8 Å². The zero-order chi connectivity index (χ0) is 21.0. The van der Waals surface area contributed by atoms with Gasteiger partial charge < -0.3 is 4.90 Å². The summed E-state index contributed by atoms with van der Waals surface area (Å²) in [5.74, 6) is 0.